The molecule has 2 aliphatic heterocycles. The van der Waals surface area contributed by atoms with Gasteiger partial charge in [0.2, 0.25) is 5.91 Å². The zero-order chi connectivity index (χ0) is 21.4. The van der Waals surface area contributed by atoms with Crippen LogP contribution in [0, 0.1) is 5.41 Å². The lowest BCUT2D eigenvalue weighted by Crippen LogP contribution is -2.39. The van der Waals surface area contributed by atoms with E-state index in [-0.39, 0.29) is 17.2 Å². The quantitative estimate of drug-likeness (QED) is 0.589. The van der Waals surface area contributed by atoms with Crippen molar-refractivity contribution in [2.45, 2.75) is 45.3 Å². The highest BCUT2D eigenvalue weighted by Gasteiger charge is 2.57. The second kappa shape index (κ2) is 8.20. The molecular weight excluding hydrogens is 406 g/mol. The summed E-state index contributed by atoms with van der Waals surface area (Å²) in [7, 11) is 0. The maximum atomic E-state index is 13.9. The highest BCUT2D eigenvalue weighted by molar-refractivity contribution is 7.07. The van der Waals surface area contributed by atoms with E-state index in [0.29, 0.717) is 12.6 Å². The molecule has 31 heavy (non-hydrogen) atoms. The molecule has 5 heterocycles. The molecule has 0 saturated carbocycles. The molecule has 0 bridgehead atoms. The number of nitrogens with zero attached hydrogens (tertiary/aromatic N) is 5. The highest BCUT2D eigenvalue weighted by Crippen LogP contribution is 2.50. The maximum Gasteiger partial charge on any atom is 0.231 e. The summed E-state index contributed by atoms with van der Waals surface area (Å²) in [5.41, 5.74) is 3.13. The van der Waals surface area contributed by atoms with E-state index in [0.717, 1.165) is 43.9 Å². The number of pyridine rings is 1. The van der Waals surface area contributed by atoms with Crippen molar-refractivity contribution < 1.29 is 4.79 Å². The van der Waals surface area contributed by atoms with Gasteiger partial charge in [-0.1, -0.05) is 0 Å². The number of thiophene rings is 1. The number of likely N-dealkylation sites (tertiary alicyclic amines) is 2. The standard InChI is InChI=1S/C24H29N5OS/c1-18(2)29-14-22(26-17-29)21-13-27(11-20-5-10-31-15-20)16-24(21)6-9-28(23(24)30)12-19-3-7-25-8-4-19/h3-5,7-8,10,14-15,17-18,21H,6,9,11-13,16H2,1-2H3/t21-,24-/m1/s1. The smallest absolute Gasteiger partial charge is 0.231 e. The third-order valence-corrected chi connectivity index (χ3v) is 7.57. The number of carbonyl (C=O) groups excluding carboxylic acids is 1. The zero-order valence-corrected chi connectivity index (χ0v) is 19.0. The summed E-state index contributed by atoms with van der Waals surface area (Å²) < 4.78 is 2.15. The van der Waals surface area contributed by atoms with Gasteiger partial charge in [-0.05, 0) is 60.4 Å². The Labute approximate surface area is 187 Å². The average Bonchev–Trinajstić information content (AvgIpc) is 3.55. The molecule has 0 aromatic carbocycles. The van der Waals surface area contributed by atoms with Gasteiger partial charge in [0.05, 0.1) is 17.4 Å². The predicted octanol–water partition coefficient (Wildman–Crippen LogP) is 3.94. The third-order valence-electron chi connectivity index (χ3n) is 6.84. The van der Waals surface area contributed by atoms with Crippen molar-refractivity contribution in [2.24, 2.45) is 5.41 Å². The Balaban J connectivity index is 1.43. The van der Waals surface area contributed by atoms with Crippen LogP contribution in [0.2, 0.25) is 0 Å². The van der Waals surface area contributed by atoms with Crippen LogP contribution in [0.4, 0.5) is 0 Å². The zero-order valence-electron chi connectivity index (χ0n) is 18.1. The lowest BCUT2D eigenvalue weighted by atomic mass is 9.75. The molecular formula is C24H29N5OS. The third kappa shape index (κ3) is 3.81. The molecule has 2 aliphatic rings. The van der Waals surface area contributed by atoms with Crippen molar-refractivity contribution in [2.75, 3.05) is 19.6 Å². The van der Waals surface area contributed by atoms with Gasteiger partial charge in [-0.15, -0.1) is 0 Å². The SMILES string of the molecule is CC(C)n1cnc([C@H]2CN(Cc3ccsc3)C[C@]23CCN(Cc2ccncc2)C3=O)c1. The number of aromatic nitrogens is 3. The summed E-state index contributed by atoms with van der Waals surface area (Å²) in [5.74, 6) is 0.405. The van der Waals surface area contributed by atoms with E-state index in [1.54, 1.807) is 23.7 Å². The molecule has 3 aromatic rings. The summed E-state index contributed by atoms with van der Waals surface area (Å²) in [6.45, 7) is 8.35. The Morgan fingerprint density at radius 3 is 2.74 bits per heavy atom. The first-order valence-corrected chi connectivity index (χ1v) is 11.9. The summed E-state index contributed by atoms with van der Waals surface area (Å²) in [6, 6.07) is 6.54. The molecule has 0 unspecified atom stereocenters. The lowest BCUT2D eigenvalue weighted by molar-refractivity contribution is -0.136. The van der Waals surface area contributed by atoms with E-state index >= 15 is 0 Å². The van der Waals surface area contributed by atoms with Crippen LogP contribution in [0.5, 0.6) is 0 Å². The van der Waals surface area contributed by atoms with Crippen molar-refractivity contribution in [1.29, 1.82) is 0 Å². The molecule has 6 nitrogen and oxygen atoms in total. The first-order chi connectivity index (χ1) is 15.0. The fourth-order valence-corrected chi connectivity index (χ4v) is 5.81. The number of hydrogen-bond donors (Lipinski definition) is 0. The van der Waals surface area contributed by atoms with Crippen LogP contribution in [0.3, 0.4) is 0 Å². The van der Waals surface area contributed by atoms with Crippen molar-refractivity contribution in [1.82, 2.24) is 24.3 Å². The molecule has 1 spiro atoms. The molecule has 5 rings (SSSR count). The van der Waals surface area contributed by atoms with E-state index < -0.39 is 0 Å². The number of rotatable bonds is 6. The van der Waals surface area contributed by atoms with Crippen LogP contribution in [-0.2, 0) is 17.9 Å². The molecule has 0 radical (unpaired) electrons. The monoisotopic (exact) mass is 435 g/mol. The molecule has 0 N–H and O–H groups in total. The van der Waals surface area contributed by atoms with Gasteiger partial charge in [0.15, 0.2) is 0 Å². The Bertz CT molecular complexity index is 1030. The van der Waals surface area contributed by atoms with Gasteiger partial charge < -0.3 is 9.47 Å². The number of amides is 1. The van der Waals surface area contributed by atoms with E-state index in [9.17, 15) is 4.79 Å². The summed E-state index contributed by atoms with van der Waals surface area (Å²) >= 11 is 1.73. The van der Waals surface area contributed by atoms with Gasteiger partial charge in [-0.25, -0.2) is 4.98 Å². The molecule has 1 amide bonds. The first kappa shape index (κ1) is 20.4. The van der Waals surface area contributed by atoms with Crippen molar-refractivity contribution >= 4 is 17.2 Å². The normalized spacial score (nSPS) is 24.2. The van der Waals surface area contributed by atoms with Gasteiger partial charge in [-0.2, -0.15) is 11.3 Å². The van der Waals surface area contributed by atoms with E-state index in [1.165, 1.54) is 5.56 Å². The van der Waals surface area contributed by atoms with Gasteiger partial charge >= 0.3 is 0 Å². The van der Waals surface area contributed by atoms with E-state index in [1.807, 2.05) is 23.4 Å². The molecule has 7 heteroatoms. The molecule has 2 saturated heterocycles. The maximum absolute atomic E-state index is 13.9. The largest absolute Gasteiger partial charge is 0.338 e. The van der Waals surface area contributed by atoms with Crippen molar-refractivity contribution in [3.63, 3.8) is 0 Å². The van der Waals surface area contributed by atoms with Crippen LogP contribution in [0.25, 0.3) is 0 Å². The van der Waals surface area contributed by atoms with Gasteiger partial charge in [-0.3, -0.25) is 14.7 Å². The van der Waals surface area contributed by atoms with Crippen LogP contribution >= 0.6 is 11.3 Å². The van der Waals surface area contributed by atoms with Crippen LogP contribution < -0.4 is 0 Å². The van der Waals surface area contributed by atoms with Gasteiger partial charge in [0.1, 0.15) is 0 Å². The van der Waals surface area contributed by atoms with Gasteiger partial charge in [0, 0.05) is 63.3 Å². The Morgan fingerprint density at radius 1 is 1.19 bits per heavy atom. The van der Waals surface area contributed by atoms with Crippen molar-refractivity contribution in [3.05, 3.63) is 70.7 Å². The minimum absolute atomic E-state index is 0.126. The topological polar surface area (TPSA) is 54.3 Å². The predicted molar refractivity (Wildman–Crippen MR) is 122 cm³/mol. The summed E-state index contributed by atoms with van der Waals surface area (Å²) in [4.78, 5) is 27.2. The van der Waals surface area contributed by atoms with Crippen LogP contribution in [0.15, 0.2) is 53.9 Å². The fourth-order valence-electron chi connectivity index (χ4n) is 5.15. The average molecular weight is 436 g/mol. The molecule has 162 valence electrons. The number of carbonyl (C=O) groups is 1. The lowest BCUT2D eigenvalue weighted by Gasteiger charge is -2.28. The number of hydrogen-bond acceptors (Lipinski definition) is 5. The molecule has 2 atom stereocenters. The van der Waals surface area contributed by atoms with Crippen molar-refractivity contribution in [3.8, 4) is 0 Å². The second-order valence-corrected chi connectivity index (χ2v) is 9.96. The summed E-state index contributed by atoms with van der Waals surface area (Å²) in [6.07, 6.45) is 8.56. The van der Waals surface area contributed by atoms with Gasteiger partial charge in [0.25, 0.3) is 0 Å². The summed E-state index contributed by atoms with van der Waals surface area (Å²) in [5, 5.41) is 4.33. The Kier molecular flexibility index (Phi) is 5.40. The molecule has 0 aliphatic carbocycles. The van der Waals surface area contributed by atoms with Crippen LogP contribution in [0.1, 0.15) is 49.0 Å². The molecule has 3 aromatic heterocycles. The second-order valence-electron chi connectivity index (χ2n) is 9.18. The van der Waals surface area contributed by atoms with E-state index in [2.05, 4.69) is 51.3 Å². The fraction of sp³-hybridized carbons (Fsp3) is 0.458. The minimum atomic E-state index is -0.390. The highest BCUT2D eigenvalue weighted by atomic mass is 32.1. The van der Waals surface area contributed by atoms with E-state index in [4.69, 9.17) is 4.98 Å². The first-order valence-electron chi connectivity index (χ1n) is 11.0. The Morgan fingerprint density at radius 2 is 2.03 bits per heavy atom. The van der Waals surface area contributed by atoms with Crippen LogP contribution in [-0.4, -0.2) is 49.9 Å². The number of imidazole rings is 1. The minimum Gasteiger partial charge on any atom is -0.338 e. The molecule has 2 fully saturated rings. The Hall–Kier alpha value is -2.51.